The molecule has 5 heteroatoms. The minimum absolute atomic E-state index is 0.0823. The van der Waals surface area contributed by atoms with E-state index in [1.807, 2.05) is 17.5 Å². The Morgan fingerprint density at radius 1 is 1.04 bits per heavy atom. The first-order valence-electron chi connectivity index (χ1n) is 8.07. The molecule has 4 aromatic rings. The van der Waals surface area contributed by atoms with Gasteiger partial charge >= 0.3 is 0 Å². The van der Waals surface area contributed by atoms with E-state index in [0.717, 1.165) is 33.2 Å². The summed E-state index contributed by atoms with van der Waals surface area (Å²) >= 11 is 14.5. The van der Waals surface area contributed by atoms with E-state index in [-0.39, 0.29) is 6.04 Å². The van der Waals surface area contributed by atoms with Gasteiger partial charge in [0.2, 0.25) is 0 Å². The summed E-state index contributed by atoms with van der Waals surface area (Å²) in [4.78, 5) is 0. The van der Waals surface area contributed by atoms with Gasteiger partial charge in [-0.2, -0.15) is 0 Å². The Bertz CT molecular complexity index is 1100. The second-order valence-electron chi connectivity index (χ2n) is 6.19. The Morgan fingerprint density at radius 2 is 1.96 bits per heavy atom. The molecule has 1 aliphatic heterocycles. The lowest BCUT2D eigenvalue weighted by Crippen LogP contribution is -2.21. The molecule has 0 saturated heterocycles. The van der Waals surface area contributed by atoms with Crippen molar-refractivity contribution >= 4 is 44.6 Å². The molecule has 0 spiro atoms. The molecule has 1 unspecified atom stereocenters. The average Bonchev–Trinajstić information content (AvgIpc) is 3.20. The van der Waals surface area contributed by atoms with Crippen LogP contribution in [0.1, 0.15) is 22.9 Å². The van der Waals surface area contributed by atoms with E-state index < -0.39 is 0 Å². The molecule has 1 N–H and O–H groups in total. The molecule has 3 heterocycles. The Hall–Kier alpha value is -1.78. The molecule has 0 fully saturated rings. The first kappa shape index (κ1) is 15.5. The number of rotatable bonds is 1. The van der Waals surface area contributed by atoms with Gasteiger partial charge in [0.15, 0.2) is 0 Å². The van der Waals surface area contributed by atoms with Gasteiger partial charge < -0.3 is 9.88 Å². The Balaban J connectivity index is 1.68. The van der Waals surface area contributed by atoms with Crippen LogP contribution in [0.3, 0.4) is 0 Å². The molecule has 1 atom stereocenters. The molecule has 25 heavy (non-hydrogen) atoms. The van der Waals surface area contributed by atoms with Crippen LogP contribution < -0.4 is 5.32 Å². The van der Waals surface area contributed by atoms with Crippen molar-refractivity contribution in [2.45, 2.75) is 12.6 Å². The zero-order chi connectivity index (χ0) is 17.0. The van der Waals surface area contributed by atoms with Gasteiger partial charge in [-0.05, 0) is 42.0 Å². The van der Waals surface area contributed by atoms with Crippen molar-refractivity contribution in [3.63, 3.8) is 0 Å². The van der Waals surface area contributed by atoms with Crippen LogP contribution in [0.5, 0.6) is 0 Å². The maximum absolute atomic E-state index is 6.46. The molecule has 0 radical (unpaired) electrons. The number of fused-ring (bicyclic) bond motifs is 4. The predicted molar refractivity (Wildman–Crippen MR) is 106 cm³/mol. The molecule has 5 rings (SSSR count). The van der Waals surface area contributed by atoms with Gasteiger partial charge in [-0.1, -0.05) is 35.3 Å². The molecule has 0 aliphatic carbocycles. The third-order valence-corrected chi connectivity index (χ3v) is 6.56. The van der Waals surface area contributed by atoms with Gasteiger partial charge in [-0.3, -0.25) is 0 Å². The molecular formula is C20H14Cl2N2S. The van der Waals surface area contributed by atoms with Gasteiger partial charge in [0, 0.05) is 44.5 Å². The van der Waals surface area contributed by atoms with Crippen molar-refractivity contribution in [1.29, 1.82) is 0 Å². The predicted octanol–water partition coefficient (Wildman–Crippen LogP) is 6.19. The van der Waals surface area contributed by atoms with E-state index in [2.05, 4.69) is 52.5 Å². The van der Waals surface area contributed by atoms with Gasteiger partial charge in [0.05, 0.1) is 16.8 Å². The van der Waals surface area contributed by atoms with Crippen LogP contribution in [-0.4, -0.2) is 4.57 Å². The topological polar surface area (TPSA) is 17.0 Å². The van der Waals surface area contributed by atoms with Crippen LogP contribution in [-0.2, 0) is 6.54 Å². The smallest absolute Gasteiger partial charge is 0.0737 e. The van der Waals surface area contributed by atoms with Crippen molar-refractivity contribution in [3.8, 4) is 5.69 Å². The molecule has 2 aromatic heterocycles. The fraction of sp³-hybridized carbons (Fsp3) is 0.100. The van der Waals surface area contributed by atoms with E-state index >= 15 is 0 Å². The quantitative estimate of drug-likeness (QED) is 0.413. The van der Waals surface area contributed by atoms with Gasteiger partial charge in [-0.25, -0.2) is 0 Å². The minimum Gasteiger partial charge on any atom is -0.319 e. The van der Waals surface area contributed by atoms with Crippen LogP contribution in [0.25, 0.3) is 15.8 Å². The number of hydrogen-bond donors (Lipinski definition) is 1. The van der Waals surface area contributed by atoms with Gasteiger partial charge in [-0.15, -0.1) is 11.3 Å². The number of hydrogen-bond acceptors (Lipinski definition) is 2. The maximum atomic E-state index is 6.46. The summed E-state index contributed by atoms with van der Waals surface area (Å²) in [6, 6.07) is 16.9. The highest BCUT2D eigenvalue weighted by Crippen LogP contribution is 2.36. The molecule has 0 bridgehead atoms. The molecule has 0 saturated carbocycles. The summed E-state index contributed by atoms with van der Waals surface area (Å²) in [7, 11) is 0. The number of thiophene rings is 1. The van der Waals surface area contributed by atoms with E-state index in [1.54, 1.807) is 11.3 Å². The van der Waals surface area contributed by atoms with Gasteiger partial charge in [0.1, 0.15) is 0 Å². The van der Waals surface area contributed by atoms with Crippen LogP contribution >= 0.6 is 34.5 Å². The lowest BCUT2D eigenvalue weighted by molar-refractivity contribution is 0.601. The summed E-state index contributed by atoms with van der Waals surface area (Å²) in [6.07, 6.45) is 2.10. The third-order valence-electron chi connectivity index (χ3n) is 4.80. The van der Waals surface area contributed by atoms with Crippen LogP contribution in [0.15, 0.2) is 60.1 Å². The lowest BCUT2D eigenvalue weighted by atomic mass is 10.0. The summed E-state index contributed by atoms with van der Waals surface area (Å²) in [6.45, 7) is 0.719. The highest BCUT2D eigenvalue weighted by Gasteiger charge is 2.24. The lowest BCUT2D eigenvalue weighted by Gasteiger charge is -2.18. The van der Waals surface area contributed by atoms with Crippen molar-refractivity contribution < 1.29 is 0 Å². The SMILES string of the molecule is Clc1cccc2c1CNC(c1ccc3scc(Cl)c3c1)c1cccn1-2. The van der Waals surface area contributed by atoms with Crippen molar-refractivity contribution in [2.75, 3.05) is 0 Å². The third kappa shape index (κ3) is 2.42. The van der Waals surface area contributed by atoms with Crippen molar-refractivity contribution in [2.24, 2.45) is 0 Å². The largest absolute Gasteiger partial charge is 0.319 e. The first-order valence-corrected chi connectivity index (χ1v) is 9.71. The van der Waals surface area contributed by atoms with E-state index in [9.17, 15) is 0 Å². The second kappa shape index (κ2) is 5.89. The van der Waals surface area contributed by atoms with Crippen LogP contribution in [0.4, 0.5) is 0 Å². The van der Waals surface area contributed by atoms with E-state index in [1.165, 1.54) is 16.0 Å². The van der Waals surface area contributed by atoms with E-state index in [4.69, 9.17) is 23.2 Å². The number of nitrogens with zero attached hydrogens (tertiary/aromatic N) is 1. The van der Waals surface area contributed by atoms with Crippen LogP contribution in [0, 0.1) is 0 Å². The number of halogens is 2. The second-order valence-corrected chi connectivity index (χ2v) is 7.92. The molecule has 1 aliphatic rings. The van der Waals surface area contributed by atoms with Crippen LogP contribution in [0.2, 0.25) is 10.0 Å². The number of nitrogens with one attached hydrogen (secondary N) is 1. The summed E-state index contributed by atoms with van der Waals surface area (Å²) in [5.74, 6) is 0. The zero-order valence-electron chi connectivity index (χ0n) is 13.2. The van der Waals surface area contributed by atoms with Crippen molar-refractivity contribution in [1.82, 2.24) is 9.88 Å². The molecule has 2 aromatic carbocycles. The first-order chi connectivity index (χ1) is 12.2. The summed E-state index contributed by atoms with van der Waals surface area (Å²) in [5.41, 5.74) is 4.67. The highest BCUT2D eigenvalue weighted by molar-refractivity contribution is 7.17. The molecule has 0 amide bonds. The van der Waals surface area contributed by atoms with E-state index in [0.29, 0.717) is 0 Å². The summed E-state index contributed by atoms with van der Waals surface area (Å²) in [5, 5.41) is 8.39. The average molecular weight is 385 g/mol. The van der Waals surface area contributed by atoms with Gasteiger partial charge in [0.25, 0.3) is 0 Å². The number of aromatic nitrogens is 1. The maximum Gasteiger partial charge on any atom is 0.0737 e. The standard InChI is InChI=1S/C20H14Cl2N2S/c21-15-3-1-4-17-14(15)10-23-20(18-5-2-8-24(17)18)12-6-7-19-13(9-12)16(22)11-25-19/h1-9,11,20,23H,10H2. The Labute approximate surface area is 159 Å². The zero-order valence-corrected chi connectivity index (χ0v) is 15.5. The Kier molecular flexibility index (Phi) is 3.64. The summed E-state index contributed by atoms with van der Waals surface area (Å²) < 4.78 is 3.44. The Morgan fingerprint density at radius 3 is 2.88 bits per heavy atom. The molecule has 2 nitrogen and oxygen atoms in total. The molecular weight excluding hydrogens is 371 g/mol. The fourth-order valence-electron chi connectivity index (χ4n) is 3.59. The normalized spacial score (nSPS) is 16.5. The highest BCUT2D eigenvalue weighted by atomic mass is 35.5. The minimum atomic E-state index is 0.0823. The monoisotopic (exact) mass is 384 g/mol. The fourth-order valence-corrected chi connectivity index (χ4v) is 4.97. The molecule has 124 valence electrons. The van der Waals surface area contributed by atoms with Crippen molar-refractivity contribution in [3.05, 3.63) is 87.0 Å². The number of benzene rings is 2.